The topological polar surface area (TPSA) is 113 Å². The number of rotatable bonds is 9. The lowest BCUT2D eigenvalue weighted by atomic mass is 9.99. The van der Waals surface area contributed by atoms with Crippen LogP contribution in [0.1, 0.15) is 36.9 Å². The Kier molecular flexibility index (Phi) is 7.23. The molecule has 1 aliphatic heterocycles. The lowest BCUT2D eigenvalue weighted by molar-refractivity contribution is -0.122. The van der Waals surface area contributed by atoms with Crippen LogP contribution < -0.4 is 10.8 Å². The molecule has 0 spiro atoms. The molecule has 3 N–H and O–H groups in total. The van der Waals surface area contributed by atoms with Gasteiger partial charge >= 0.3 is 0 Å². The lowest BCUT2D eigenvalue weighted by Crippen LogP contribution is -2.48. The lowest BCUT2D eigenvalue weighted by Gasteiger charge is -2.25. The van der Waals surface area contributed by atoms with Crippen molar-refractivity contribution >= 4 is 29.1 Å². The molecular formula is C17H18F3N5O3S. The fourth-order valence-electron chi connectivity index (χ4n) is 2.60. The number of Topliss-reactive ketones (excluding diaryl/α,β-unsaturated/α-hetero) is 1. The number of nitrogens with zero attached hydrogens (tertiary/aromatic N) is 3. The van der Waals surface area contributed by atoms with Crippen LogP contribution >= 0.6 is 11.8 Å². The summed E-state index contributed by atoms with van der Waals surface area (Å²) >= 11 is 1.25. The Balaban J connectivity index is 1.66. The van der Waals surface area contributed by atoms with E-state index in [-0.39, 0.29) is 29.0 Å². The van der Waals surface area contributed by atoms with Gasteiger partial charge in [0, 0.05) is 12.2 Å². The van der Waals surface area contributed by atoms with Crippen LogP contribution in [0.15, 0.2) is 32.8 Å². The standard InChI is InChI=1S/C17H18F3N5O3S/c18-11-4-3-9(8-10(11)15(19)20)22-16(23-27)14-17(25-28-24-14)29-7-1-2-13(26)12-5-6-21-12/h3-4,8,12,15,21,27H,1-2,5-7H2,(H,22,23). The molecule has 1 aromatic heterocycles. The molecule has 1 aromatic carbocycles. The first-order chi connectivity index (χ1) is 14.0. The summed E-state index contributed by atoms with van der Waals surface area (Å²) in [6, 6.07) is 2.87. The number of hydrogen-bond acceptors (Lipinski definition) is 8. The highest BCUT2D eigenvalue weighted by Gasteiger charge is 2.24. The Bertz CT molecular complexity index is 889. The zero-order valence-electron chi connectivity index (χ0n) is 15.1. The maximum Gasteiger partial charge on any atom is 0.266 e. The number of aliphatic imine (C=N–C) groups is 1. The molecule has 1 fully saturated rings. The van der Waals surface area contributed by atoms with E-state index < -0.39 is 17.8 Å². The van der Waals surface area contributed by atoms with Gasteiger partial charge in [-0.25, -0.2) is 22.8 Å². The Morgan fingerprint density at radius 1 is 1.45 bits per heavy atom. The second-order valence-corrected chi connectivity index (χ2v) is 7.29. The summed E-state index contributed by atoms with van der Waals surface area (Å²) in [6.07, 6.45) is -1.10. The van der Waals surface area contributed by atoms with E-state index in [0.717, 1.165) is 25.1 Å². The van der Waals surface area contributed by atoms with Crippen molar-refractivity contribution in [3.05, 3.63) is 35.3 Å². The van der Waals surface area contributed by atoms with E-state index in [1.807, 2.05) is 5.48 Å². The summed E-state index contributed by atoms with van der Waals surface area (Å²) in [4.78, 5) is 15.8. The third-order valence-electron chi connectivity index (χ3n) is 4.26. The van der Waals surface area contributed by atoms with Crippen molar-refractivity contribution in [2.24, 2.45) is 4.99 Å². The van der Waals surface area contributed by atoms with Gasteiger partial charge in [0.05, 0.1) is 17.3 Å². The average Bonchev–Trinajstić information content (AvgIpc) is 3.11. The summed E-state index contributed by atoms with van der Waals surface area (Å²) in [6.45, 7) is 0.863. The predicted octanol–water partition coefficient (Wildman–Crippen LogP) is 3.01. The quantitative estimate of drug-likeness (QED) is 0.183. The molecule has 0 bridgehead atoms. The summed E-state index contributed by atoms with van der Waals surface area (Å²) < 4.78 is 43.8. The number of nitrogens with one attached hydrogen (secondary N) is 2. The number of alkyl halides is 2. The second-order valence-electron chi connectivity index (χ2n) is 6.21. The Morgan fingerprint density at radius 2 is 2.24 bits per heavy atom. The molecule has 1 atom stereocenters. The van der Waals surface area contributed by atoms with Crippen LogP contribution in [0.2, 0.25) is 0 Å². The monoisotopic (exact) mass is 429 g/mol. The normalized spacial score (nSPS) is 16.7. The van der Waals surface area contributed by atoms with Gasteiger partial charge in [0.2, 0.25) is 0 Å². The fourth-order valence-corrected chi connectivity index (χ4v) is 3.44. The minimum Gasteiger partial charge on any atom is -0.307 e. The molecule has 12 heteroatoms. The van der Waals surface area contributed by atoms with Gasteiger partial charge in [0.1, 0.15) is 11.6 Å². The Morgan fingerprint density at radius 3 is 2.90 bits per heavy atom. The first-order valence-electron chi connectivity index (χ1n) is 8.77. The van der Waals surface area contributed by atoms with Crippen molar-refractivity contribution in [1.29, 1.82) is 0 Å². The summed E-state index contributed by atoms with van der Waals surface area (Å²) in [5.74, 6) is -0.538. The average molecular weight is 429 g/mol. The van der Waals surface area contributed by atoms with Crippen LogP contribution in [0.5, 0.6) is 0 Å². The van der Waals surface area contributed by atoms with E-state index in [9.17, 15) is 23.2 Å². The van der Waals surface area contributed by atoms with E-state index in [1.54, 1.807) is 0 Å². The van der Waals surface area contributed by atoms with Crippen LogP contribution in [0.25, 0.3) is 0 Å². The number of halogens is 3. The summed E-state index contributed by atoms with van der Waals surface area (Å²) in [7, 11) is 0. The van der Waals surface area contributed by atoms with Crippen LogP contribution in [-0.4, -0.2) is 45.5 Å². The van der Waals surface area contributed by atoms with Gasteiger partial charge in [-0.05, 0) is 47.9 Å². The zero-order valence-corrected chi connectivity index (χ0v) is 15.9. The number of carbonyl (C=O) groups is 1. The molecule has 8 nitrogen and oxygen atoms in total. The molecule has 2 heterocycles. The van der Waals surface area contributed by atoms with E-state index in [4.69, 9.17) is 0 Å². The van der Waals surface area contributed by atoms with Gasteiger partial charge < -0.3 is 5.32 Å². The Hall–Kier alpha value is -2.44. The first kappa shape index (κ1) is 21.3. The number of carbonyl (C=O) groups excluding carboxylic acids is 1. The number of benzene rings is 1. The molecule has 1 saturated heterocycles. The van der Waals surface area contributed by atoms with Crippen molar-refractivity contribution in [2.75, 3.05) is 12.3 Å². The molecule has 1 aliphatic rings. The van der Waals surface area contributed by atoms with Crippen molar-refractivity contribution in [1.82, 2.24) is 21.1 Å². The van der Waals surface area contributed by atoms with Gasteiger partial charge in [0.15, 0.2) is 16.6 Å². The largest absolute Gasteiger partial charge is 0.307 e. The molecule has 3 rings (SSSR count). The zero-order chi connectivity index (χ0) is 20.8. The molecule has 1 unspecified atom stereocenters. The number of ketones is 1. The fraction of sp³-hybridized carbons (Fsp3) is 0.412. The smallest absolute Gasteiger partial charge is 0.266 e. The number of amidine groups is 1. The van der Waals surface area contributed by atoms with E-state index in [2.05, 4.69) is 25.3 Å². The van der Waals surface area contributed by atoms with Gasteiger partial charge in [-0.3, -0.25) is 15.5 Å². The van der Waals surface area contributed by atoms with Crippen LogP contribution in [-0.2, 0) is 4.79 Å². The van der Waals surface area contributed by atoms with Gasteiger partial charge in [-0.2, -0.15) is 0 Å². The van der Waals surface area contributed by atoms with Crippen molar-refractivity contribution in [3.8, 4) is 0 Å². The molecule has 156 valence electrons. The number of hydrogen-bond donors (Lipinski definition) is 3. The molecular weight excluding hydrogens is 411 g/mol. The minimum absolute atomic E-state index is 0.0178. The minimum atomic E-state index is -3.01. The van der Waals surface area contributed by atoms with Gasteiger partial charge in [-0.1, -0.05) is 0 Å². The van der Waals surface area contributed by atoms with Crippen LogP contribution in [0.4, 0.5) is 18.9 Å². The predicted molar refractivity (Wildman–Crippen MR) is 98.1 cm³/mol. The maximum atomic E-state index is 13.4. The summed E-state index contributed by atoms with van der Waals surface area (Å²) in [5.41, 5.74) is 1.07. The SMILES string of the molecule is O=C(CCCSc1nonc1C(=Nc1ccc(F)c(C(F)F)c1)NO)C1CCN1. The number of thioether (sulfide) groups is 1. The molecule has 0 radical (unpaired) electrons. The number of aromatic nitrogens is 2. The van der Waals surface area contributed by atoms with Gasteiger partial charge in [0.25, 0.3) is 6.43 Å². The summed E-state index contributed by atoms with van der Waals surface area (Å²) in [5, 5.41) is 20.1. The van der Waals surface area contributed by atoms with E-state index >= 15 is 0 Å². The van der Waals surface area contributed by atoms with E-state index in [1.165, 1.54) is 17.8 Å². The van der Waals surface area contributed by atoms with Gasteiger partial charge in [-0.15, -0.1) is 11.8 Å². The highest BCUT2D eigenvalue weighted by Crippen LogP contribution is 2.27. The van der Waals surface area contributed by atoms with E-state index in [0.29, 0.717) is 23.6 Å². The van der Waals surface area contributed by atoms with Crippen molar-refractivity contribution in [2.45, 2.75) is 36.8 Å². The van der Waals surface area contributed by atoms with Crippen LogP contribution in [0.3, 0.4) is 0 Å². The molecule has 2 aromatic rings. The Labute approximate surface area is 167 Å². The third kappa shape index (κ3) is 5.34. The first-order valence-corrected chi connectivity index (χ1v) is 9.76. The highest BCUT2D eigenvalue weighted by molar-refractivity contribution is 7.99. The number of hydroxylamine groups is 1. The maximum absolute atomic E-state index is 13.4. The molecule has 29 heavy (non-hydrogen) atoms. The second kappa shape index (κ2) is 9.85. The van der Waals surface area contributed by atoms with Crippen LogP contribution in [0, 0.1) is 5.82 Å². The molecule has 0 aliphatic carbocycles. The highest BCUT2D eigenvalue weighted by atomic mass is 32.2. The third-order valence-corrected chi connectivity index (χ3v) is 5.30. The van der Waals surface area contributed by atoms with Crippen molar-refractivity contribution < 1.29 is 27.8 Å². The molecule has 0 saturated carbocycles. The molecule has 0 amide bonds. The van der Waals surface area contributed by atoms with Crippen molar-refractivity contribution in [3.63, 3.8) is 0 Å².